The third-order valence-corrected chi connectivity index (χ3v) is 3.81. The standard InChI is InChI=1S/C16H11Cl2N3O3/c1-24-13-6-5-11(18)8-12(13)21-15(14(16(22)23)19-20-21)9-3-2-4-10(17)7-9/h2-8H,1H3,(H,22,23). The fourth-order valence-corrected chi connectivity index (χ4v) is 2.67. The van der Waals surface area contributed by atoms with Crippen LogP contribution in [0.5, 0.6) is 5.75 Å². The van der Waals surface area contributed by atoms with E-state index in [1.807, 2.05) is 0 Å². The summed E-state index contributed by atoms with van der Waals surface area (Å²) in [6.45, 7) is 0. The van der Waals surface area contributed by atoms with Crippen molar-refractivity contribution in [3.05, 3.63) is 58.2 Å². The molecule has 1 N–H and O–H groups in total. The number of methoxy groups -OCH3 is 1. The highest BCUT2D eigenvalue weighted by Crippen LogP contribution is 2.32. The Morgan fingerprint density at radius 1 is 1.17 bits per heavy atom. The Labute approximate surface area is 147 Å². The third-order valence-electron chi connectivity index (χ3n) is 3.34. The van der Waals surface area contributed by atoms with Crippen LogP contribution in [0.1, 0.15) is 10.5 Å². The summed E-state index contributed by atoms with van der Waals surface area (Å²) in [5, 5.41) is 18.1. The van der Waals surface area contributed by atoms with Gasteiger partial charge in [0, 0.05) is 15.6 Å². The van der Waals surface area contributed by atoms with Crippen molar-refractivity contribution >= 4 is 29.2 Å². The second kappa shape index (κ2) is 6.51. The molecule has 0 bridgehead atoms. The predicted octanol–water partition coefficient (Wildman–Crippen LogP) is 3.95. The van der Waals surface area contributed by atoms with Crippen LogP contribution in [0.25, 0.3) is 16.9 Å². The van der Waals surface area contributed by atoms with Crippen LogP contribution in [0.15, 0.2) is 42.5 Å². The number of carboxylic acid groups (broad SMARTS) is 1. The maximum Gasteiger partial charge on any atom is 0.358 e. The molecule has 3 rings (SSSR count). The molecule has 0 fully saturated rings. The number of aromatic nitrogens is 3. The number of ether oxygens (including phenoxy) is 1. The number of aromatic carboxylic acids is 1. The minimum atomic E-state index is -1.20. The zero-order chi connectivity index (χ0) is 17.3. The van der Waals surface area contributed by atoms with Crippen molar-refractivity contribution in [3.8, 4) is 22.7 Å². The molecular formula is C16H11Cl2N3O3. The van der Waals surface area contributed by atoms with E-state index in [0.29, 0.717) is 27.0 Å². The summed E-state index contributed by atoms with van der Waals surface area (Å²) in [6, 6.07) is 11.7. The van der Waals surface area contributed by atoms with E-state index < -0.39 is 5.97 Å². The highest BCUT2D eigenvalue weighted by molar-refractivity contribution is 6.31. The summed E-state index contributed by atoms with van der Waals surface area (Å²) < 4.78 is 6.69. The molecule has 122 valence electrons. The third kappa shape index (κ3) is 2.93. The Hall–Kier alpha value is -2.57. The van der Waals surface area contributed by atoms with Gasteiger partial charge in [-0.3, -0.25) is 0 Å². The Balaban J connectivity index is 2.31. The molecule has 0 saturated carbocycles. The van der Waals surface area contributed by atoms with Gasteiger partial charge in [-0.05, 0) is 30.3 Å². The molecule has 6 nitrogen and oxygen atoms in total. The topological polar surface area (TPSA) is 77.2 Å². The molecule has 1 heterocycles. The van der Waals surface area contributed by atoms with Crippen LogP contribution in [0.2, 0.25) is 10.0 Å². The fourth-order valence-electron chi connectivity index (χ4n) is 2.32. The van der Waals surface area contributed by atoms with Crippen molar-refractivity contribution in [2.75, 3.05) is 7.11 Å². The second-order valence-electron chi connectivity index (χ2n) is 4.83. The van der Waals surface area contributed by atoms with Crippen LogP contribution in [-0.2, 0) is 0 Å². The first-order chi connectivity index (χ1) is 11.5. The molecule has 0 saturated heterocycles. The average molecular weight is 364 g/mol. The molecule has 0 radical (unpaired) electrons. The Bertz CT molecular complexity index is 925. The number of carbonyl (C=O) groups is 1. The lowest BCUT2D eigenvalue weighted by molar-refractivity contribution is 0.0691. The quantitative estimate of drug-likeness (QED) is 0.759. The van der Waals surface area contributed by atoms with Crippen LogP contribution in [0.4, 0.5) is 0 Å². The van der Waals surface area contributed by atoms with Crippen molar-refractivity contribution in [2.45, 2.75) is 0 Å². The van der Waals surface area contributed by atoms with Crippen LogP contribution in [-0.4, -0.2) is 33.2 Å². The van der Waals surface area contributed by atoms with Gasteiger partial charge in [-0.25, -0.2) is 9.48 Å². The lowest BCUT2D eigenvalue weighted by Crippen LogP contribution is -2.04. The molecule has 24 heavy (non-hydrogen) atoms. The number of halogens is 2. The highest BCUT2D eigenvalue weighted by Gasteiger charge is 2.23. The lowest BCUT2D eigenvalue weighted by Gasteiger charge is -2.12. The van der Waals surface area contributed by atoms with E-state index in [1.54, 1.807) is 42.5 Å². The number of carboxylic acids is 1. The maximum atomic E-state index is 11.5. The van der Waals surface area contributed by atoms with Crippen molar-refractivity contribution in [3.63, 3.8) is 0 Å². The van der Waals surface area contributed by atoms with E-state index in [2.05, 4.69) is 10.3 Å². The number of benzene rings is 2. The summed E-state index contributed by atoms with van der Waals surface area (Å²) in [7, 11) is 1.50. The predicted molar refractivity (Wildman–Crippen MR) is 90.3 cm³/mol. The largest absolute Gasteiger partial charge is 0.494 e. The zero-order valence-electron chi connectivity index (χ0n) is 12.4. The van der Waals surface area contributed by atoms with Crippen LogP contribution < -0.4 is 4.74 Å². The molecule has 8 heteroatoms. The molecule has 2 aromatic carbocycles. The molecule has 0 aliphatic heterocycles. The summed E-state index contributed by atoms with van der Waals surface area (Å²) in [4.78, 5) is 11.5. The van der Waals surface area contributed by atoms with Gasteiger partial charge >= 0.3 is 5.97 Å². The molecular weight excluding hydrogens is 353 g/mol. The van der Waals surface area contributed by atoms with Crippen LogP contribution >= 0.6 is 23.2 Å². The van der Waals surface area contributed by atoms with Crippen molar-refractivity contribution in [1.82, 2.24) is 15.0 Å². The lowest BCUT2D eigenvalue weighted by atomic mass is 10.1. The first-order valence-corrected chi connectivity index (χ1v) is 7.55. The minimum absolute atomic E-state index is 0.195. The Morgan fingerprint density at radius 2 is 1.92 bits per heavy atom. The molecule has 3 aromatic rings. The van der Waals surface area contributed by atoms with Gasteiger partial charge in [-0.15, -0.1) is 5.10 Å². The van der Waals surface area contributed by atoms with Gasteiger partial charge in [0.15, 0.2) is 5.69 Å². The van der Waals surface area contributed by atoms with Gasteiger partial charge in [0.1, 0.15) is 17.1 Å². The zero-order valence-corrected chi connectivity index (χ0v) is 13.9. The van der Waals surface area contributed by atoms with Gasteiger partial charge in [-0.2, -0.15) is 0 Å². The summed E-state index contributed by atoms with van der Waals surface area (Å²) >= 11 is 12.1. The highest BCUT2D eigenvalue weighted by atomic mass is 35.5. The molecule has 0 amide bonds. The molecule has 1 aromatic heterocycles. The van der Waals surface area contributed by atoms with E-state index >= 15 is 0 Å². The normalized spacial score (nSPS) is 10.6. The van der Waals surface area contributed by atoms with Crippen molar-refractivity contribution in [1.29, 1.82) is 0 Å². The number of nitrogens with zero attached hydrogens (tertiary/aromatic N) is 3. The molecule has 0 aliphatic rings. The first kappa shape index (κ1) is 16.3. The fraction of sp³-hybridized carbons (Fsp3) is 0.0625. The smallest absolute Gasteiger partial charge is 0.358 e. The van der Waals surface area contributed by atoms with E-state index in [9.17, 15) is 9.90 Å². The average Bonchev–Trinajstić information content (AvgIpc) is 3.00. The monoisotopic (exact) mass is 363 g/mol. The van der Waals surface area contributed by atoms with E-state index in [-0.39, 0.29) is 11.4 Å². The Kier molecular flexibility index (Phi) is 4.42. The minimum Gasteiger partial charge on any atom is -0.494 e. The maximum absolute atomic E-state index is 11.5. The number of rotatable bonds is 4. The summed E-state index contributed by atoms with van der Waals surface area (Å²) in [5.74, 6) is -0.721. The SMILES string of the molecule is COc1ccc(Cl)cc1-n1nnc(C(=O)O)c1-c1cccc(Cl)c1. The van der Waals surface area contributed by atoms with E-state index in [1.165, 1.54) is 11.8 Å². The molecule has 0 spiro atoms. The number of hydrogen-bond acceptors (Lipinski definition) is 4. The molecule has 0 atom stereocenters. The van der Waals surface area contributed by atoms with Gasteiger partial charge in [-0.1, -0.05) is 40.5 Å². The van der Waals surface area contributed by atoms with Gasteiger partial charge in [0.25, 0.3) is 0 Å². The Morgan fingerprint density at radius 3 is 2.58 bits per heavy atom. The van der Waals surface area contributed by atoms with Crippen molar-refractivity contribution in [2.24, 2.45) is 0 Å². The van der Waals surface area contributed by atoms with Crippen LogP contribution in [0, 0.1) is 0 Å². The summed E-state index contributed by atoms with van der Waals surface area (Å²) in [6.07, 6.45) is 0. The van der Waals surface area contributed by atoms with Gasteiger partial charge in [0.2, 0.25) is 0 Å². The molecule has 0 unspecified atom stereocenters. The molecule has 0 aliphatic carbocycles. The summed E-state index contributed by atoms with van der Waals surface area (Å²) in [5.41, 5.74) is 1.12. The van der Waals surface area contributed by atoms with Gasteiger partial charge in [0.05, 0.1) is 7.11 Å². The van der Waals surface area contributed by atoms with Gasteiger partial charge < -0.3 is 9.84 Å². The van der Waals surface area contributed by atoms with E-state index in [4.69, 9.17) is 27.9 Å². The van der Waals surface area contributed by atoms with E-state index in [0.717, 1.165) is 0 Å². The van der Waals surface area contributed by atoms with Crippen LogP contribution in [0.3, 0.4) is 0 Å². The van der Waals surface area contributed by atoms with Crippen molar-refractivity contribution < 1.29 is 14.6 Å². The number of hydrogen-bond donors (Lipinski definition) is 1. The second-order valence-corrected chi connectivity index (χ2v) is 5.70. The first-order valence-electron chi connectivity index (χ1n) is 6.80.